The predicted octanol–water partition coefficient (Wildman–Crippen LogP) is 1.74. The van der Waals surface area contributed by atoms with Crippen molar-refractivity contribution >= 4 is 86.3 Å². The number of carboxylic acid groups (broad SMARTS) is 1. The summed E-state index contributed by atoms with van der Waals surface area (Å²) in [6, 6.07) is 34.4. The average molecular weight is 1320 g/mol. The number of carboxylic acids is 1. The molecule has 0 saturated carbocycles. The molecule has 0 spiro atoms. The van der Waals surface area contributed by atoms with Crippen LogP contribution < -0.4 is 45.2 Å². The number of carbonyl (C=O) groups is 12. The monoisotopic (exact) mass is 1320 g/mol. The molecule has 4 aromatic rings. The van der Waals surface area contributed by atoms with Gasteiger partial charge in [-0.3, -0.25) is 47.5 Å². The van der Waals surface area contributed by atoms with Gasteiger partial charge in [-0.05, 0) is 60.8 Å². The largest absolute Gasteiger partial charge is 1.00 e. The van der Waals surface area contributed by atoms with E-state index in [1.165, 1.54) is 56.1 Å². The first-order chi connectivity index (χ1) is 43.0. The number of nitrogens with one attached hydrogen (secondary N) is 4. The molecule has 4 amide bonds. The number of benzene rings is 4. The second kappa shape index (κ2) is 51.3. The van der Waals surface area contributed by atoms with E-state index in [0.29, 0.717) is 38.4 Å². The number of carbonyl (C=O) groups excluding carboxylic acids is 12. The number of amides is 4. The molecule has 0 aliphatic carbocycles. The Hall–Kier alpha value is -8.30. The summed E-state index contributed by atoms with van der Waals surface area (Å²) in [5.74, 6) is -5.69. The van der Waals surface area contributed by atoms with Crippen LogP contribution in [-0.4, -0.2) is 150 Å². The Balaban J connectivity index is -0.00000107. The summed E-state index contributed by atoms with van der Waals surface area (Å²) in [5.41, 5.74) is 3.68. The number of aliphatic carboxylic acids is 1. The minimum Gasteiger partial charge on any atom is -0.545 e. The quantitative estimate of drug-likeness (QED) is 0.00879. The molecule has 0 radical (unpaired) electrons. The van der Waals surface area contributed by atoms with Gasteiger partial charge in [-0.1, -0.05) is 121 Å². The van der Waals surface area contributed by atoms with E-state index in [2.05, 4.69) is 41.7 Å². The molecule has 0 aromatic heterocycles. The first kappa shape index (κ1) is 87.9. The fourth-order valence-electron chi connectivity index (χ4n) is 6.86. The Morgan fingerprint density at radius 1 is 0.467 bits per heavy atom. The van der Waals surface area contributed by atoms with Gasteiger partial charge in [0.1, 0.15) is 12.2 Å². The van der Waals surface area contributed by atoms with Gasteiger partial charge in [0.05, 0.1) is 44.4 Å². The maximum absolute atomic E-state index is 12.3. The molecule has 0 aliphatic heterocycles. The van der Waals surface area contributed by atoms with E-state index in [1.807, 2.05) is 121 Å². The van der Waals surface area contributed by atoms with Crippen LogP contribution in [-0.2, 0) is 125 Å². The fraction of sp³-hybridized carbons (Fsp3) is 0.349. The standard InChI is InChI=1S/C16H19NO4.C14H20NO5P.C14H15NO4.C13H17NO3.C3H8O3P.C3H4O3.Li/c1-3-21-16(20)10-9-15(19)14(17-12(2)18)11-13-7-5-4-6-8-13;1-11(16)15-13(9-12-7-5-4-6-8-12)14(17)10-21(18,19-2)20-3;1-10(16)15-12(13(17)7-8-14(18)19)9-11-5-3-2-4-6-11;1-3-17-13(16)12(14-10(2)15)9-11-7-5-4-6-8-11;1-5-7(3,4)6-2;1-6-3(5)2-4;/h4-10,14H,3,11H2,1-2H3,(H,17,18);4-8,13H,9-10H2,1-3H3,(H,15,16);2-8,12H,9H2,1H3,(H,15,16)(H,18,19);4-8,12H,3,9H2,1-2H3,(H,14,15);3H2,1-2H3;2H,1H3;/q;;;;-1;;+1/p-1/b10-9-;;8-7+;;;;. The Morgan fingerprint density at radius 2 is 0.783 bits per heavy atom. The van der Waals surface area contributed by atoms with Crippen LogP contribution in [0.2, 0.25) is 0 Å². The fourth-order valence-corrected chi connectivity index (χ4v) is 8.02. The summed E-state index contributed by atoms with van der Waals surface area (Å²) in [6.07, 6.45) is 4.95. The van der Waals surface area contributed by atoms with Crippen LogP contribution in [0.3, 0.4) is 0 Å². The number of aldehydes is 1. The Labute approximate surface area is 548 Å². The Kier molecular flexibility index (Phi) is 49.0. The van der Waals surface area contributed by atoms with Crippen LogP contribution in [0, 0.1) is 6.66 Å². The molecule has 4 N–H and O–H groups in total. The van der Waals surface area contributed by atoms with Gasteiger partial charge in [0.15, 0.2) is 24.9 Å². The van der Waals surface area contributed by atoms with E-state index in [1.54, 1.807) is 13.8 Å². The van der Waals surface area contributed by atoms with Gasteiger partial charge < -0.3 is 63.5 Å². The van der Waals surface area contributed by atoms with Crippen LogP contribution >= 0.6 is 15.2 Å². The number of methoxy groups -OCH3 is 1. The van der Waals surface area contributed by atoms with Crippen molar-refractivity contribution in [3.05, 3.63) is 175 Å². The van der Waals surface area contributed by atoms with Crippen molar-refractivity contribution < 1.29 is 123 Å². The molecule has 498 valence electrons. The van der Waals surface area contributed by atoms with Gasteiger partial charge in [0, 0.05) is 81.5 Å². The van der Waals surface area contributed by atoms with Gasteiger partial charge in [0.2, 0.25) is 29.9 Å². The molecule has 0 saturated heterocycles. The molecular weight excluding hydrogens is 1230 g/mol. The summed E-state index contributed by atoms with van der Waals surface area (Å²) in [4.78, 5) is 133. The number of rotatable bonds is 29. The molecule has 0 aliphatic rings. The van der Waals surface area contributed by atoms with Gasteiger partial charge in [0.25, 0.3) is 0 Å². The van der Waals surface area contributed by atoms with Crippen LogP contribution in [0.25, 0.3) is 0 Å². The topological polar surface area (TPSA) is 375 Å². The zero-order chi connectivity index (χ0) is 69.4. The predicted molar refractivity (Wildman–Crippen MR) is 334 cm³/mol. The van der Waals surface area contributed by atoms with E-state index in [0.717, 1.165) is 47.6 Å². The summed E-state index contributed by atoms with van der Waals surface area (Å²) < 4.78 is 54.1. The molecule has 4 unspecified atom stereocenters. The van der Waals surface area contributed by atoms with Crippen molar-refractivity contribution in [1.29, 1.82) is 0 Å². The molecule has 26 nitrogen and oxygen atoms in total. The van der Waals surface area contributed by atoms with Crippen LogP contribution in [0.1, 0.15) is 63.8 Å². The molecule has 0 bridgehead atoms. The molecule has 4 rings (SSSR count). The van der Waals surface area contributed by atoms with Gasteiger partial charge in [-0.2, -0.15) is 0 Å². The minimum atomic E-state index is -3.44. The number of esters is 3. The van der Waals surface area contributed by atoms with Crippen molar-refractivity contribution in [3.8, 4) is 0 Å². The van der Waals surface area contributed by atoms with Crippen LogP contribution in [0.5, 0.6) is 0 Å². The second-order valence-corrected chi connectivity index (χ2v) is 22.5. The van der Waals surface area contributed by atoms with Gasteiger partial charge in [-0.25, -0.2) is 21.0 Å². The third-order valence-electron chi connectivity index (χ3n) is 11.1. The summed E-state index contributed by atoms with van der Waals surface area (Å²) in [6.45, 7) is 12.5. The normalized spacial score (nSPS) is 11.6. The van der Waals surface area contributed by atoms with Gasteiger partial charge >= 0.3 is 44.4 Å². The molecule has 0 fully saturated rings. The molecular formula is C63H82LiN4O22P2-. The summed E-state index contributed by atoms with van der Waals surface area (Å²) in [5, 5.41) is 20.5. The van der Waals surface area contributed by atoms with E-state index < -0.39 is 69.0 Å². The molecule has 92 heavy (non-hydrogen) atoms. The third kappa shape index (κ3) is 45.0. The third-order valence-corrected chi connectivity index (χ3v) is 14.0. The molecule has 29 heteroatoms. The summed E-state index contributed by atoms with van der Waals surface area (Å²) >= 11 is 0. The first-order valence-electron chi connectivity index (χ1n) is 27.5. The zero-order valence-corrected chi connectivity index (χ0v) is 55.6. The number of ketones is 3. The molecule has 0 heterocycles. The number of ether oxygens (including phenoxy) is 3. The summed E-state index contributed by atoms with van der Waals surface area (Å²) in [7, 11) is -0.168. The van der Waals surface area contributed by atoms with E-state index in [4.69, 9.17) is 18.5 Å². The van der Waals surface area contributed by atoms with E-state index in [9.17, 15) is 71.8 Å². The maximum atomic E-state index is 12.3. The molecule has 4 aromatic carbocycles. The SMILES string of the molecule is CC(=O)NC(Cc1ccccc1)C(=O)/C=C/C(=O)[O-].CCOC(=O)/C=C\C(=O)C(Cc1ccccc1)NC(C)=O.CCOC(=O)C(Cc1ccccc1)NC(C)=O.COC(=O)C=O.COP(=O)(CC(=O)C(Cc1ccccc1)NC(C)=O)OC.[CH2-]P(=O)(OC)OC.[Li+]. The van der Waals surface area contributed by atoms with Crippen molar-refractivity contribution in [2.75, 3.05) is 54.9 Å². The van der Waals surface area contributed by atoms with E-state index >= 15 is 0 Å². The Bertz CT molecular complexity index is 3050. The van der Waals surface area contributed by atoms with Crippen molar-refractivity contribution in [2.24, 2.45) is 0 Å². The first-order valence-corrected chi connectivity index (χ1v) is 31.0. The van der Waals surface area contributed by atoms with Crippen LogP contribution in [0.15, 0.2) is 146 Å². The van der Waals surface area contributed by atoms with Crippen molar-refractivity contribution in [2.45, 2.75) is 91.4 Å². The maximum Gasteiger partial charge on any atom is 1.00 e. The minimum absolute atomic E-state index is 0. The van der Waals surface area contributed by atoms with Crippen molar-refractivity contribution in [3.63, 3.8) is 0 Å². The molecule has 4 atom stereocenters. The van der Waals surface area contributed by atoms with Gasteiger partial charge in [-0.15, -0.1) is 0 Å². The second-order valence-electron chi connectivity index (χ2n) is 18.3. The zero-order valence-electron chi connectivity index (χ0n) is 53.8. The smallest absolute Gasteiger partial charge is 0.545 e. The number of hydrogen-bond donors (Lipinski definition) is 4. The van der Waals surface area contributed by atoms with E-state index in [-0.39, 0.29) is 73.1 Å². The number of hydrogen-bond acceptors (Lipinski definition) is 22. The number of Topliss-reactive ketones (excluding diaryl/α,β-unsaturated/α-hetero) is 1. The Morgan fingerprint density at radius 3 is 1.05 bits per heavy atom. The average Bonchev–Trinajstić information content (AvgIpc) is 1.33. The van der Waals surface area contributed by atoms with Crippen molar-refractivity contribution in [1.82, 2.24) is 21.3 Å². The van der Waals surface area contributed by atoms with Crippen LogP contribution in [0.4, 0.5) is 0 Å².